The number of hydrogen-bond acceptors (Lipinski definition) is 4. The molecule has 7 heteroatoms. The van der Waals surface area contributed by atoms with Gasteiger partial charge in [0.05, 0.1) is 19.8 Å². The summed E-state index contributed by atoms with van der Waals surface area (Å²) in [5, 5.41) is 17.0. The van der Waals surface area contributed by atoms with Gasteiger partial charge in [-0.2, -0.15) is 0 Å². The van der Waals surface area contributed by atoms with E-state index in [9.17, 15) is 5.11 Å². The molecule has 2 rings (SSSR count). The summed E-state index contributed by atoms with van der Waals surface area (Å²) in [5.41, 5.74) is 0.856. The predicted octanol–water partition coefficient (Wildman–Crippen LogP) is 3.92. The van der Waals surface area contributed by atoms with Crippen LogP contribution < -0.4 is 15.4 Å². The molecule has 1 saturated heterocycles. The Kier molecular flexibility index (Phi) is 10.4. The van der Waals surface area contributed by atoms with Crippen molar-refractivity contribution in [1.82, 2.24) is 10.6 Å². The summed E-state index contributed by atoms with van der Waals surface area (Å²) in [6.45, 7) is 11.6. The molecule has 160 valence electrons. The highest BCUT2D eigenvalue weighted by molar-refractivity contribution is 14.0. The molecule has 0 aromatic heterocycles. The van der Waals surface area contributed by atoms with E-state index >= 15 is 0 Å². The van der Waals surface area contributed by atoms with E-state index in [-0.39, 0.29) is 41.2 Å². The van der Waals surface area contributed by atoms with E-state index in [2.05, 4.69) is 36.4 Å². The Bertz CT molecular complexity index is 632. The summed E-state index contributed by atoms with van der Waals surface area (Å²) in [7, 11) is 1.55. The number of rotatable bonds is 6. The van der Waals surface area contributed by atoms with Crippen LogP contribution in [0, 0.1) is 11.3 Å². The number of aromatic hydroxyl groups is 1. The van der Waals surface area contributed by atoms with E-state index in [4.69, 9.17) is 9.47 Å². The minimum atomic E-state index is 0. The van der Waals surface area contributed by atoms with Gasteiger partial charge in [-0.05, 0) is 31.2 Å². The SMILES string of the molecule is CCNC(=NCc1cccc(OC)c1O)NCC1CCCOC1C(C)(C)C.I. The third kappa shape index (κ3) is 6.99. The van der Waals surface area contributed by atoms with Gasteiger partial charge >= 0.3 is 0 Å². The van der Waals surface area contributed by atoms with Gasteiger partial charge in [0.15, 0.2) is 17.5 Å². The molecule has 0 saturated carbocycles. The smallest absolute Gasteiger partial charge is 0.191 e. The largest absolute Gasteiger partial charge is 0.504 e. The maximum Gasteiger partial charge on any atom is 0.191 e. The first-order valence-electron chi connectivity index (χ1n) is 9.85. The zero-order valence-electron chi connectivity index (χ0n) is 17.7. The molecule has 0 spiro atoms. The average molecular weight is 505 g/mol. The summed E-state index contributed by atoms with van der Waals surface area (Å²) >= 11 is 0. The number of para-hydroxylation sites is 1. The Morgan fingerprint density at radius 1 is 1.32 bits per heavy atom. The zero-order valence-corrected chi connectivity index (χ0v) is 20.1. The predicted molar refractivity (Wildman–Crippen MR) is 125 cm³/mol. The highest BCUT2D eigenvalue weighted by atomic mass is 127. The average Bonchev–Trinajstić information content (AvgIpc) is 2.64. The molecule has 1 heterocycles. The van der Waals surface area contributed by atoms with Gasteiger partial charge in [0.25, 0.3) is 0 Å². The number of halogens is 1. The minimum Gasteiger partial charge on any atom is -0.504 e. The fourth-order valence-corrected chi connectivity index (χ4v) is 3.60. The Hall–Kier alpha value is -1.22. The van der Waals surface area contributed by atoms with E-state index in [1.54, 1.807) is 13.2 Å². The minimum absolute atomic E-state index is 0. The van der Waals surface area contributed by atoms with Crippen LogP contribution in [-0.2, 0) is 11.3 Å². The third-order valence-electron chi connectivity index (χ3n) is 4.88. The fourth-order valence-electron chi connectivity index (χ4n) is 3.60. The summed E-state index contributed by atoms with van der Waals surface area (Å²) in [6, 6.07) is 5.45. The Balaban J connectivity index is 0.00000392. The van der Waals surface area contributed by atoms with Crippen molar-refractivity contribution < 1.29 is 14.6 Å². The number of nitrogens with one attached hydrogen (secondary N) is 2. The quantitative estimate of drug-likeness (QED) is 0.311. The molecule has 1 fully saturated rings. The van der Waals surface area contributed by atoms with Crippen LogP contribution in [0.2, 0.25) is 0 Å². The van der Waals surface area contributed by atoms with Crippen molar-refractivity contribution >= 4 is 29.9 Å². The summed E-state index contributed by atoms with van der Waals surface area (Å²) in [4.78, 5) is 4.63. The second-order valence-corrected chi connectivity index (χ2v) is 8.10. The van der Waals surface area contributed by atoms with Crippen molar-refractivity contribution in [3.8, 4) is 11.5 Å². The molecule has 0 aliphatic carbocycles. The first-order chi connectivity index (χ1) is 12.9. The van der Waals surface area contributed by atoms with Gasteiger partial charge in [0.2, 0.25) is 0 Å². The van der Waals surface area contributed by atoms with E-state index in [1.807, 2.05) is 19.1 Å². The van der Waals surface area contributed by atoms with Crippen molar-refractivity contribution in [3.05, 3.63) is 23.8 Å². The van der Waals surface area contributed by atoms with Crippen LogP contribution in [0.4, 0.5) is 0 Å². The van der Waals surface area contributed by atoms with Crippen molar-refractivity contribution in [1.29, 1.82) is 0 Å². The van der Waals surface area contributed by atoms with Crippen LogP contribution in [0.1, 0.15) is 46.1 Å². The lowest BCUT2D eigenvalue weighted by Crippen LogP contribution is -2.47. The number of hydrogen-bond donors (Lipinski definition) is 3. The number of nitrogens with zero attached hydrogens (tertiary/aromatic N) is 1. The van der Waals surface area contributed by atoms with Gasteiger partial charge in [-0.3, -0.25) is 0 Å². The highest BCUT2D eigenvalue weighted by Gasteiger charge is 2.35. The molecule has 1 aromatic carbocycles. The van der Waals surface area contributed by atoms with Gasteiger partial charge in [0.1, 0.15) is 0 Å². The van der Waals surface area contributed by atoms with Crippen molar-refractivity contribution in [2.24, 2.45) is 16.3 Å². The van der Waals surface area contributed by atoms with Crippen LogP contribution in [0.3, 0.4) is 0 Å². The maximum absolute atomic E-state index is 10.2. The number of benzene rings is 1. The van der Waals surface area contributed by atoms with Crippen LogP contribution in [0.5, 0.6) is 11.5 Å². The lowest BCUT2D eigenvalue weighted by molar-refractivity contribution is -0.0835. The molecule has 2 atom stereocenters. The molecular formula is C21H36IN3O3. The van der Waals surface area contributed by atoms with Crippen LogP contribution >= 0.6 is 24.0 Å². The van der Waals surface area contributed by atoms with Gasteiger partial charge in [-0.15, -0.1) is 24.0 Å². The van der Waals surface area contributed by atoms with E-state index in [0.29, 0.717) is 18.2 Å². The van der Waals surface area contributed by atoms with Crippen molar-refractivity contribution in [3.63, 3.8) is 0 Å². The second-order valence-electron chi connectivity index (χ2n) is 8.10. The first kappa shape index (κ1) is 24.8. The Labute approximate surface area is 186 Å². The number of phenols is 1. The van der Waals surface area contributed by atoms with Crippen LogP contribution in [0.15, 0.2) is 23.2 Å². The maximum atomic E-state index is 10.2. The Morgan fingerprint density at radius 2 is 2.07 bits per heavy atom. The molecular weight excluding hydrogens is 469 g/mol. The third-order valence-corrected chi connectivity index (χ3v) is 4.88. The Morgan fingerprint density at radius 3 is 2.71 bits per heavy atom. The van der Waals surface area contributed by atoms with E-state index in [1.165, 1.54) is 0 Å². The number of methoxy groups -OCH3 is 1. The summed E-state index contributed by atoms with van der Waals surface area (Å²) in [6.07, 6.45) is 2.50. The normalized spacial score (nSPS) is 20.2. The summed E-state index contributed by atoms with van der Waals surface area (Å²) < 4.78 is 11.2. The van der Waals surface area contributed by atoms with Crippen molar-refractivity contribution in [2.75, 3.05) is 26.8 Å². The second kappa shape index (κ2) is 11.7. The monoisotopic (exact) mass is 505 g/mol. The molecule has 1 aliphatic rings. The molecule has 3 N–H and O–H groups in total. The number of phenolic OH excluding ortho intramolecular Hbond substituents is 1. The molecule has 0 amide bonds. The van der Waals surface area contributed by atoms with E-state index in [0.717, 1.165) is 44.1 Å². The topological polar surface area (TPSA) is 75.1 Å². The van der Waals surface area contributed by atoms with Crippen molar-refractivity contribution in [2.45, 2.75) is 53.2 Å². The molecule has 28 heavy (non-hydrogen) atoms. The van der Waals surface area contributed by atoms with Gasteiger partial charge < -0.3 is 25.2 Å². The molecule has 0 bridgehead atoms. The fraction of sp³-hybridized carbons (Fsp3) is 0.667. The molecule has 6 nitrogen and oxygen atoms in total. The number of guanidine groups is 1. The molecule has 0 radical (unpaired) electrons. The van der Waals surface area contributed by atoms with Gasteiger partial charge in [-0.1, -0.05) is 32.9 Å². The standard InChI is InChI=1S/C21H35N3O3.HI/c1-6-22-20(23-13-15-9-7-11-17(26-5)18(15)25)24-14-16-10-8-12-27-19(16)21(2,3)4;/h7,9,11,16,19,25H,6,8,10,12-14H2,1-5H3,(H2,22,23,24);1H. The van der Waals surface area contributed by atoms with Crippen LogP contribution in [0.25, 0.3) is 0 Å². The molecule has 1 aromatic rings. The zero-order chi connectivity index (χ0) is 19.9. The lowest BCUT2D eigenvalue weighted by atomic mass is 9.78. The van der Waals surface area contributed by atoms with Gasteiger partial charge in [0, 0.05) is 31.2 Å². The number of aliphatic imine (C=N–C) groups is 1. The molecule has 1 aliphatic heterocycles. The van der Waals surface area contributed by atoms with Crippen LogP contribution in [-0.4, -0.2) is 44.0 Å². The number of ether oxygens (including phenoxy) is 2. The molecule has 2 unspecified atom stereocenters. The highest BCUT2D eigenvalue weighted by Crippen LogP contribution is 2.33. The van der Waals surface area contributed by atoms with Gasteiger partial charge in [-0.25, -0.2) is 4.99 Å². The lowest BCUT2D eigenvalue weighted by Gasteiger charge is -2.40. The van der Waals surface area contributed by atoms with E-state index < -0.39 is 0 Å². The summed E-state index contributed by atoms with van der Waals surface area (Å²) in [5.74, 6) is 1.81. The first-order valence-corrected chi connectivity index (χ1v) is 9.85.